The number of hydrogen-bond donors (Lipinski definition) is 2. The summed E-state index contributed by atoms with van der Waals surface area (Å²) in [7, 11) is 0. The van der Waals surface area contributed by atoms with Gasteiger partial charge in [-0.1, -0.05) is 21.1 Å². The number of aryl methyl sites for hydroxylation is 1. The van der Waals surface area contributed by atoms with Crippen molar-refractivity contribution in [3.63, 3.8) is 0 Å². The van der Waals surface area contributed by atoms with Gasteiger partial charge in [-0.3, -0.25) is 0 Å². The van der Waals surface area contributed by atoms with Crippen LogP contribution in [-0.4, -0.2) is 10.3 Å². The Kier molecular flexibility index (Phi) is 3.81. The van der Waals surface area contributed by atoms with Crippen molar-refractivity contribution in [3.05, 3.63) is 45.8 Å². The van der Waals surface area contributed by atoms with Gasteiger partial charge in [-0.2, -0.15) is 0 Å². The summed E-state index contributed by atoms with van der Waals surface area (Å²) >= 11 is 3.37. The van der Waals surface area contributed by atoms with Gasteiger partial charge in [0.1, 0.15) is 11.5 Å². The molecule has 2 rings (SSSR count). The molecule has 90 valence electrons. The standard InChI is InChI=1S/C12H13BrN2O2/c1-8-4-11(15-17-8)6-14-12-3-2-10(13)5-9(12)7-16/h2-5,14,16H,6-7H2,1H3. The van der Waals surface area contributed by atoms with Crippen molar-refractivity contribution in [3.8, 4) is 0 Å². The molecule has 0 bridgehead atoms. The van der Waals surface area contributed by atoms with E-state index in [1.54, 1.807) is 0 Å². The van der Waals surface area contributed by atoms with Crippen molar-refractivity contribution in [1.82, 2.24) is 5.16 Å². The summed E-state index contributed by atoms with van der Waals surface area (Å²) in [6.07, 6.45) is 0. The van der Waals surface area contributed by atoms with Crippen LogP contribution in [0.5, 0.6) is 0 Å². The highest BCUT2D eigenvalue weighted by molar-refractivity contribution is 9.10. The van der Waals surface area contributed by atoms with Gasteiger partial charge in [0.05, 0.1) is 13.2 Å². The van der Waals surface area contributed by atoms with E-state index in [0.29, 0.717) is 6.54 Å². The zero-order valence-electron chi connectivity index (χ0n) is 9.40. The number of benzene rings is 1. The van der Waals surface area contributed by atoms with Crippen LogP contribution in [0, 0.1) is 6.92 Å². The van der Waals surface area contributed by atoms with Gasteiger partial charge >= 0.3 is 0 Å². The molecule has 0 amide bonds. The van der Waals surface area contributed by atoms with Crippen LogP contribution < -0.4 is 5.32 Å². The van der Waals surface area contributed by atoms with E-state index in [0.717, 1.165) is 27.2 Å². The minimum atomic E-state index is -0.000380. The maximum absolute atomic E-state index is 9.25. The first-order valence-electron chi connectivity index (χ1n) is 5.24. The molecule has 5 heteroatoms. The smallest absolute Gasteiger partial charge is 0.133 e. The van der Waals surface area contributed by atoms with E-state index in [9.17, 15) is 5.11 Å². The Bertz CT molecular complexity index is 511. The Morgan fingerprint density at radius 3 is 2.88 bits per heavy atom. The van der Waals surface area contributed by atoms with E-state index in [2.05, 4.69) is 26.4 Å². The number of nitrogens with zero attached hydrogens (tertiary/aromatic N) is 1. The average molecular weight is 297 g/mol. The average Bonchev–Trinajstić information content (AvgIpc) is 2.73. The predicted molar refractivity (Wildman–Crippen MR) is 68.6 cm³/mol. The quantitative estimate of drug-likeness (QED) is 0.911. The third-order valence-electron chi connectivity index (χ3n) is 2.37. The zero-order chi connectivity index (χ0) is 12.3. The molecule has 0 spiro atoms. The normalized spacial score (nSPS) is 10.5. The lowest BCUT2D eigenvalue weighted by Crippen LogP contribution is -2.02. The Morgan fingerprint density at radius 1 is 1.41 bits per heavy atom. The fraction of sp³-hybridized carbons (Fsp3) is 0.250. The second-order valence-corrected chi connectivity index (χ2v) is 4.66. The Balaban J connectivity index is 2.08. The fourth-order valence-corrected chi connectivity index (χ4v) is 1.96. The Labute approximate surface area is 108 Å². The number of aromatic nitrogens is 1. The van der Waals surface area contributed by atoms with Crippen LogP contribution in [0.3, 0.4) is 0 Å². The lowest BCUT2D eigenvalue weighted by atomic mass is 10.2. The molecule has 0 fully saturated rings. The first-order chi connectivity index (χ1) is 8.19. The molecule has 0 radical (unpaired) electrons. The van der Waals surface area contributed by atoms with Crippen molar-refractivity contribution < 1.29 is 9.63 Å². The van der Waals surface area contributed by atoms with E-state index in [-0.39, 0.29) is 6.61 Å². The largest absolute Gasteiger partial charge is 0.392 e. The van der Waals surface area contributed by atoms with Crippen LogP contribution in [0.2, 0.25) is 0 Å². The number of aliphatic hydroxyl groups excluding tert-OH is 1. The van der Waals surface area contributed by atoms with E-state index < -0.39 is 0 Å². The van der Waals surface area contributed by atoms with Gasteiger partial charge in [0.2, 0.25) is 0 Å². The molecule has 2 N–H and O–H groups in total. The Hall–Kier alpha value is -1.33. The van der Waals surface area contributed by atoms with Crippen LogP contribution in [-0.2, 0) is 13.2 Å². The van der Waals surface area contributed by atoms with Crippen LogP contribution in [0.4, 0.5) is 5.69 Å². The third kappa shape index (κ3) is 3.08. The maximum atomic E-state index is 9.25. The number of halogens is 1. The van der Waals surface area contributed by atoms with Crippen LogP contribution in [0.15, 0.2) is 33.3 Å². The van der Waals surface area contributed by atoms with Crippen molar-refractivity contribution in [2.75, 3.05) is 5.32 Å². The summed E-state index contributed by atoms with van der Waals surface area (Å²) in [6, 6.07) is 7.61. The summed E-state index contributed by atoms with van der Waals surface area (Å²) in [5.74, 6) is 0.792. The molecular weight excluding hydrogens is 284 g/mol. The minimum Gasteiger partial charge on any atom is -0.392 e. The molecular formula is C12H13BrN2O2. The molecule has 0 aliphatic heterocycles. The van der Waals surface area contributed by atoms with Gasteiger partial charge in [0, 0.05) is 21.8 Å². The van der Waals surface area contributed by atoms with Gasteiger partial charge in [-0.05, 0) is 25.1 Å². The van der Waals surface area contributed by atoms with Crippen LogP contribution >= 0.6 is 15.9 Å². The molecule has 17 heavy (non-hydrogen) atoms. The summed E-state index contributed by atoms with van der Waals surface area (Å²) in [5, 5.41) is 16.4. The van der Waals surface area contributed by atoms with Gasteiger partial charge < -0.3 is 14.9 Å². The molecule has 0 atom stereocenters. The maximum Gasteiger partial charge on any atom is 0.133 e. The SMILES string of the molecule is Cc1cc(CNc2ccc(Br)cc2CO)no1. The van der Waals surface area contributed by atoms with Crippen molar-refractivity contribution in [1.29, 1.82) is 0 Å². The van der Waals surface area contributed by atoms with E-state index in [1.165, 1.54) is 0 Å². The fourth-order valence-electron chi connectivity index (χ4n) is 1.55. The number of aliphatic hydroxyl groups is 1. The highest BCUT2D eigenvalue weighted by atomic mass is 79.9. The van der Waals surface area contributed by atoms with Gasteiger partial charge in [-0.15, -0.1) is 0 Å². The predicted octanol–water partition coefficient (Wildman–Crippen LogP) is 2.85. The lowest BCUT2D eigenvalue weighted by molar-refractivity contribution is 0.282. The number of anilines is 1. The summed E-state index contributed by atoms with van der Waals surface area (Å²) in [4.78, 5) is 0. The van der Waals surface area contributed by atoms with Crippen LogP contribution in [0.1, 0.15) is 17.0 Å². The molecule has 4 nitrogen and oxygen atoms in total. The minimum absolute atomic E-state index is 0.000380. The van der Waals surface area contributed by atoms with E-state index in [1.807, 2.05) is 31.2 Å². The van der Waals surface area contributed by atoms with E-state index in [4.69, 9.17) is 4.52 Å². The third-order valence-corrected chi connectivity index (χ3v) is 2.87. The molecule has 0 unspecified atom stereocenters. The summed E-state index contributed by atoms with van der Waals surface area (Å²) < 4.78 is 5.93. The molecule has 0 aliphatic carbocycles. The number of hydrogen-bond acceptors (Lipinski definition) is 4. The van der Waals surface area contributed by atoms with Gasteiger partial charge in [0.15, 0.2) is 0 Å². The number of nitrogens with one attached hydrogen (secondary N) is 1. The lowest BCUT2D eigenvalue weighted by Gasteiger charge is -2.09. The van der Waals surface area contributed by atoms with Gasteiger partial charge in [0.25, 0.3) is 0 Å². The molecule has 2 aromatic rings. The highest BCUT2D eigenvalue weighted by Crippen LogP contribution is 2.21. The first-order valence-corrected chi connectivity index (χ1v) is 6.03. The second kappa shape index (κ2) is 5.33. The summed E-state index contributed by atoms with van der Waals surface area (Å²) in [5.41, 5.74) is 2.59. The van der Waals surface area contributed by atoms with Crippen LogP contribution in [0.25, 0.3) is 0 Å². The van der Waals surface area contributed by atoms with Crippen molar-refractivity contribution >= 4 is 21.6 Å². The molecule has 0 saturated heterocycles. The second-order valence-electron chi connectivity index (χ2n) is 3.74. The Morgan fingerprint density at radius 2 is 2.24 bits per heavy atom. The zero-order valence-corrected chi connectivity index (χ0v) is 11.0. The molecule has 1 aromatic carbocycles. The topological polar surface area (TPSA) is 58.3 Å². The van der Waals surface area contributed by atoms with Crippen molar-refractivity contribution in [2.24, 2.45) is 0 Å². The monoisotopic (exact) mass is 296 g/mol. The summed E-state index contributed by atoms with van der Waals surface area (Å²) in [6.45, 7) is 2.43. The molecule has 1 aromatic heterocycles. The first kappa shape index (κ1) is 12.1. The van der Waals surface area contributed by atoms with E-state index >= 15 is 0 Å². The molecule has 0 aliphatic rings. The highest BCUT2D eigenvalue weighted by Gasteiger charge is 2.04. The molecule has 1 heterocycles. The number of rotatable bonds is 4. The van der Waals surface area contributed by atoms with Crippen molar-refractivity contribution in [2.45, 2.75) is 20.1 Å². The molecule has 0 saturated carbocycles. The van der Waals surface area contributed by atoms with Gasteiger partial charge in [-0.25, -0.2) is 0 Å².